The van der Waals surface area contributed by atoms with Crippen molar-refractivity contribution in [2.45, 2.75) is 38.4 Å². The molecule has 0 N–H and O–H groups in total. The fourth-order valence-electron chi connectivity index (χ4n) is 1.84. The van der Waals surface area contributed by atoms with Gasteiger partial charge in [-0.2, -0.15) is 0 Å². The fourth-order valence-corrected chi connectivity index (χ4v) is 1.84. The summed E-state index contributed by atoms with van der Waals surface area (Å²) >= 11 is 0. The number of hydrogen-bond donors (Lipinski definition) is 0. The molecule has 1 fully saturated rings. The second-order valence-electron chi connectivity index (χ2n) is 3.86. The average molecular weight is 189 g/mol. The van der Waals surface area contributed by atoms with Gasteiger partial charge in [0.25, 0.3) is 0 Å². The summed E-state index contributed by atoms with van der Waals surface area (Å²) in [6.45, 7) is 0.752. The first-order chi connectivity index (χ1) is 6.95. The Balaban J connectivity index is 1.76. The van der Waals surface area contributed by atoms with Gasteiger partial charge in [0.2, 0.25) is 0 Å². The molecule has 0 aliphatic heterocycles. The molecule has 1 saturated carbocycles. The van der Waals surface area contributed by atoms with E-state index in [1.54, 1.807) is 0 Å². The van der Waals surface area contributed by atoms with E-state index in [4.69, 9.17) is 4.74 Å². The summed E-state index contributed by atoms with van der Waals surface area (Å²) in [5.41, 5.74) is 1.27. The zero-order chi connectivity index (χ0) is 9.64. The van der Waals surface area contributed by atoms with Gasteiger partial charge in [-0.3, -0.25) is 0 Å². The van der Waals surface area contributed by atoms with E-state index in [1.165, 1.54) is 31.2 Å². The Morgan fingerprint density at radius 2 is 2.00 bits per heavy atom. The van der Waals surface area contributed by atoms with E-state index in [9.17, 15) is 0 Å². The molecule has 14 heavy (non-hydrogen) atoms. The van der Waals surface area contributed by atoms with Crippen molar-refractivity contribution in [3.63, 3.8) is 0 Å². The van der Waals surface area contributed by atoms with Crippen molar-refractivity contribution in [2.75, 3.05) is 0 Å². The summed E-state index contributed by atoms with van der Waals surface area (Å²) in [4.78, 5) is 0. The van der Waals surface area contributed by atoms with Crippen molar-refractivity contribution in [2.24, 2.45) is 0 Å². The predicted molar refractivity (Wildman–Crippen MR) is 57.8 cm³/mol. The topological polar surface area (TPSA) is 9.23 Å². The minimum Gasteiger partial charge on any atom is -0.373 e. The number of rotatable bonds is 3. The van der Waals surface area contributed by atoms with Crippen LogP contribution in [-0.2, 0) is 11.3 Å². The molecule has 1 aromatic rings. The Labute approximate surface area is 86.1 Å². The van der Waals surface area contributed by atoms with E-state index < -0.39 is 0 Å². The van der Waals surface area contributed by atoms with Crippen LogP contribution in [0.2, 0.25) is 0 Å². The number of hydrogen-bond acceptors (Lipinski definition) is 1. The lowest BCUT2D eigenvalue weighted by molar-refractivity contribution is 0.0453. The first-order valence-electron chi connectivity index (χ1n) is 5.44. The van der Waals surface area contributed by atoms with E-state index in [2.05, 4.69) is 30.7 Å². The van der Waals surface area contributed by atoms with Gasteiger partial charge < -0.3 is 4.74 Å². The van der Waals surface area contributed by atoms with Crippen molar-refractivity contribution in [1.29, 1.82) is 0 Å². The molecule has 2 rings (SSSR count). The molecular weight excluding hydrogens is 172 g/mol. The van der Waals surface area contributed by atoms with Crippen LogP contribution in [0.25, 0.3) is 0 Å². The minimum atomic E-state index is 0.393. The van der Waals surface area contributed by atoms with Gasteiger partial charge in [0.1, 0.15) is 0 Å². The predicted octanol–water partition coefficient (Wildman–Crippen LogP) is 3.35. The van der Waals surface area contributed by atoms with Crippen molar-refractivity contribution in [3.05, 3.63) is 42.3 Å². The Morgan fingerprint density at radius 3 is 2.71 bits per heavy atom. The van der Waals surface area contributed by atoms with Crippen molar-refractivity contribution >= 4 is 0 Å². The summed E-state index contributed by atoms with van der Waals surface area (Å²) < 4.78 is 5.81. The van der Waals surface area contributed by atoms with E-state index in [-0.39, 0.29) is 0 Å². The molecule has 1 aliphatic carbocycles. The second-order valence-corrected chi connectivity index (χ2v) is 3.86. The quantitative estimate of drug-likeness (QED) is 0.708. The molecule has 1 atom stereocenters. The lowest BCUT2D eigenvalue weighted by Crippen LogP contribution is -2.16. The van der Waals surface area contributed by atoms with Gasteiger partial charge in [-0.1, -0.05) is 43.2 Å². The summed E-state index contributed by atoms with van der Waals surface area (Å²) in [5, 5.41) is 0. The lowest BCUT2D eigenvalue weighted by Gasteiger charge is -2.21. The first kappa shape index (κ1) is 9.72. The highest BCUT2D eigenvalue weighted by Gasteiger charge is 2.13. The van der Waals surface area contributed by atoms with E-state index in [0.717, 1.165) is 6.61 Å². The van der Waals surface area contributed by atoms with Gasteiger partial charge in [0, 0.05) is 0 Å². The zero-order valence-electron chi connectivity index (χ0n) is 8.49. The Bertz CT molecular complexity index is 249. The normalized spacial score (nSPS) is 18.3. The van der Waals surface area contributed by atoms with Gasteiger partial charge >= 0.3 is 0 Å². The Hall–Kier alpha value is -0.820. The molecular formula is C13H17O. The SMILES string of the molecule is [CH]1CCCC[C@@H]1OCc1ccccc1. The van der Waals surface area contributed by atoms with Gasteiger partial charge in [0.05, 0.1) is 12.7 Å². The molecule has 0 spiro atoms. The van der Waals surface area contributed by atoms with Gasteiger partial charge in [-0.25, -0.2) is 0 Å². The minimum absolute atomic E-state index is 0.393. The fraction of sp³-hybridized carbons (Fsp3) is 0.462. The van der Waals surface area contributed by atoms with E-state index in [1.807, 2.05) is 6.07 Å². The average Bonchev–Trinajstić information content (AvgIpc) is 2.29. The molecule has 0 bridgehead atoms. The van der Waals surface area contributed by atoms with Gasteiger partial charge in [-0.15, -0.1) is 0 Å². The third-order valence-corrected chi connectivity index (χ3v) is 2.68. The number of ether oxygens (including phenoxy) is 1. The third kappa shape index (κ3) is 2.85. The highest BCUT2D eigenvalue weighted by atomic mass is 16.5. The van der Waals surface area contributed by atoms with Crippen LogP contribution in [0.5, 0.6) is 0 Å². The molecule has 1 nitrogen and oxygen atoms in total. The molecule has 1 heteroatoms. The molecule has 1 aliphatic rings. The van der Waals surface area contributed by atoms with Crippen LogP contribution in [0.3, 0.4) is 0 Å². The van der Waals surface area contributed by atoms with Crippen molar-refractivity contribution in [3.8, 4) is 0 Å². The maximum absolute atomic E-state index is 5.81. The molecule has 0 unspecified atom stereocenters. The summed E-state index contributed by atoms with van der Waals surface area (Å²) in [6, 6.07) is 10.4. The number of benzene rings is 1. The Kier molecular flexibility index (Phi) is 3.58. The monoisotopic (exact) mass is 189 g/mol. The maximum atomic E-state index is 5.81. The van der Waals surface area contributed by atoms with Crippen LogP contribution < -0.4 is 0 Å². The van der Waals surface area contributed by atoms with Crippen LogP contribution in [0.1, 0.15) is 31.2 Å². The van der Waals surface area contributed by atoms with Crippen molar-refractivity contribution in [1.82, 2.24) is 0 Å². The van der Waals surface area contributed by atoms with Crippen LogP contribution in [-0.4, -0.2) is 6.10 Å². The Morgan fingerprint density at radius 1 is 1.14 bits per heavy atom. The van der Waals surface area contributed by atoms with Crippen LogP contribution in [0, 0.1) is 6.42 Å². The standard InChI is InChI=1S/C13H17O/c1-3-7-12(8-4-1)11-14-13-9-5-2-6-10-13/h1,3-4,7-9,13H,2,5-6,10-11H2/t13-/m1/s1. The smallest absolute Gasteiger partial charge is 0.0720 e. The summed E-state index contributed by atoms with van der Waals surface area (Å²) in [7, 11) is 0. The molecule has 0 saturated heterocycles. The first-order valence-corrected chi connectivity index (χ1v) is 5.44. The largest absolute Gasteiger partial charge is 0.373 e. The molecule has 75 valence electrons. The van der Waals surface area contributed by atoms with Gasteiger partial charge in [0.15, 0.2) is 0 Å². The zero-order valence-corrected chi connectivity index (χ0v) is 8.49. The van der Waals surface area contributed by atoms with E-state index >= 15 is 0 Å². The highest BCUT2D eigenvalue weighted by molar-refractivity contribution is 5.13. The van der Waals surface area contributed by atoms with Crippen LogP contribution in [0.4, 0.5) is 0 Å². The van der Waals surface area contributed by atoms with Crippen LogP contribution >= 0.6 is 0 Å². The second kappa shape index (κ2) is 5.16. The lowest BCUT2D eigenvalue weighted by atomic mass is 9.98. The molecule has 1 aromatic carbocycles. The van der Waals surface area contributed by atoms with Crippen LogP contribution in [0.15, 0.2) is 30.3 Å². The summed E-state index contributed by atoms with van der Waals surface area (Å²) in [6.07, 6.45) is 7.78. The molecule has 0 heterocycles. The van der Waals surface area contributed by atoms with E-state index in [0.29, 0.717) is 6.10 Å². The third-order valence-electron chi connectivity index (χ3n) is 2.68. The highest BCUT2D eigenvalue weighted by Crippen LogP contribution is 2.20. The molecule has 0 aromatic heterocycles. The summed E-state index contributed by atoms with van der Waals surface area (Å²) in [5.74, 6) is 0. The molecule has 0 amide bonds. The maximum Gasteiger partial charge on any atom is 0.0720 e. The molecule has 1 radical (unpaired) electrons. The van der Waals surface area contributed by atoms with Gasteiger partial charge in [-0.05, 0) is 24.8 Å². The van der Waals surface area contributed by atoms with Crippen molar-refractivity contribution < 1.29 is 4.74 Å².